The second-order valence-electron chi connectivity index (χ2n) is 6.60. The largest absolute Gasteiger partial charge is 0.464 e. The van der Waals surface area contributed by atoms with Crippen molar-refractivity contribution in [2.45, 2.75) is 56.7 Å². The van der Waals surface area contributed by atoms with Crippen LogP contribution in [-0.4, -0.2) is 59.9 Å². The van der Waals surface area contributed by atoms with Crippen LogP contribution in [0.4, 0.5) is 26.3 Å². The van der Waals surface area contributed by atoms with E-state index in [2.05, 4.69) is 9.47 Å². The SMILES string of the molecule is O=C(OCCCCc1ccc(CCCOC(=O)[C@H](O)C(F)(F)F)cc1)[C@H](O)C(F)(F)F. The molecule has 1 rings (SSSR count). The zero-order chi connectivity index (χ0) is 23.7. The molecule has 0 aliphatic heterocycles. The number of aryl methyl sites for hydroxylation is 2. The zero-order valence-corrected chi connectivity index (χ0v) is 16.2. The molecule has 0 fully saturated rings. The maximum atomic E-state index is 12.1. The van der Waals surface area contributed by atoms with Gasteiger partial charge in [0.1, 0.15) is 0 Å². The molecular weight excluding hydrogens is 438 g/mol. The molecule has 0 heterocycles. The van der Waals surface area contributed by atoms with Gasteiger partial charge in [-0.1, -0.05) is 24.3 Å². The Morgan fingerprint density at radius 1 is 0.710 bits per heavy atom. The zero-order valence-electron chi connectivity index (χ0n) is 16.2. The summed E-state index contributed by atoms with van der Waals surface area (Å²) in [6.07, 6.45) is -14.4. The van der Waals surface area contributed by atoms with Gasteiger partial charge < -0.3 is 19.7 Å². The number of esters is 2. The maximum absolute atomic E-state index is 12.1. The fourth-order valence-corrected chi connectivity index (χ4v) is 2.35. The van der Waals surface area contributed by atoms with Crippen molar-refractivity contribution in [3.8, 4) is 0 Å². The number of rotatable bonds is 11. The number of alkyl halides is 6. The molecule has 0 spiro atoms. The van der Waals surface area contributed by atoms with E-state index in [1.54, 1.807) is 24.3 Å². The molecule has 0 saturated heterocycles. The third kappa shape index (κ3) is 10.0. The standard InChI is InChI=1S/C19H22F6O6/c20-18(21,22)14(26)16(28)30-10-2-1-4-12-6-8-13(9-7-12)5-3-11-31-17(29)15(27)19(23,24)25/h6-9,14-15,26-27H,1-5,10-11H2/t14-,15-/m0/s1. The Kier molecular flexibility index (Phi) is 10.2. The van der Waals surface area contributed by atoms with Gasteiger partial charge in [-0.25, -0.2) is 9.59 Å². The minimum atomic E-state index is -5.07. The van der Waals surface area contributed by atoms with Crippen LogP contribution in [0.15, 0.2) is 24.3 Å². The van der Waals surface area contributed by atoms with Crippen LogP contribution in [0.25, 0.3) is 0 Å². The molecule has 0 saturated carbocycles. The molecule has 0 aliphatic rings. The van der Waals surface area contributed by atoms with Crippen LogP contribution in [0, 0.1) is 0 Å². The first-order valence-electron chi connectivity index (χ1n) is 9.23. The van der Waals surface area contributed by atoms with Crippen molar-refractivity contribution in [3.63, 3.8) is 0 Å². The summed E-state index contributed by atoms with van der Waals surface area (Å²) in [5, 5.41) is 17.4. The highest BCUT2D eigenvalue weighted by Crippen LogP contribution is 2.22. The van der Waals surface area contributed by atoms with Crippen LogP contribution in [0.5, 0.6) is 0 Å². The molecule has 0 aromatic heterocycles. The molecule has 0 unspecified atom stereocenters. The molecule has 0 radical (unpaired) electrons. The predicted molar refractivity (Wildman–Crippen MR) is 93.7 cm³/mol. The lowest BCUT2D eigenvalue weighted by molar-refractivity contribution is -0.219. The number of aliphatic hydroxyl groups excluding tert-OH is 2. The smallest absolute Gasteiger partial charge is 0.425 e. The quantitative estimate of drug-likeness (QED) is 0.300. The van der Waals surface area contributed by atoms with E-state index in [9.17, 15) is 35.9 Å². The summed E-state index contributed by atoms with van der Waals surface area (Å²) in [6.45, 7) is -0.540. The second-order valence-corrected chi connectivity index (χ2v) is 6.60. The summed E-state index contributed by atoms with van der Waals surface area (Å²) in [7, 11) is 0. The van der Waals surface area contributed by atoms with Crippen molar-refractivity contribution < 1.29 is 55.6 Å². The molecule has 2 N–H and O–H groups in total. The first-order chi connectivity index (χ1) is 14.3. The number of benzene rings is 1. The van der Waals surface area contributed by atoms with Crippen molar-refractivity contribution in [2.24, 2.45) is 0 Å². The topological polar surface area (TPSA) is 93.1 Å². The Balaban J connectivity index is 2.23. The summed E-state index contributed by atoms with van der Waals surface area (Å²) >= 11 is 0. The van der Waals surface area contributed by atoms with Gasteiger partial charge in [-0.05, 0) is 43.2 Å². The van der Waals surface area contributed by atoms with E-state index in [1.165, 1.54) is 0 Å². The monoisotopic (exact) mass is 460 g/mol. The van der Waals surface area contributed by atoms with Gasteiger partial charge in [0.25, 0.3) is 0 Å². The van der Waals surface area contributed by atoms with Crippen LogP contribution in [0.3, 0.4) is 0 Å². The third-order valence-corrected chi connectivity index (χ3v) is 4.05. The second kappa shape index (κ2) is 11.9. The van der Waals surface area contributed by atoms with E-state index in [1.807, 2.05) is 0 Å². The van der Waals surface area contributed by atoms with Crippen molar-refractivity contribution in [2.75, 3.05) is 13.2 Å². The molecule has 0 bridgehead atoms. The minimum absolute atomic E-state index is 0.255. The maximum Gasteiger partial charge on any atom is 0.425 e. The average molecular weight is 460 g/mol. The van der Waals surface area contributed by atoms with Crippen molar-refractivity contribution in [1.82, 2.24) is 0 Å². The number of ether oxygens (including phenoxy) is 2. The third-order valence-electron chi connectivity index (χ3n) is 4.05. The average Bonchev–Trinajstić information content (AvgIpc) is 2.69. The molecule has 1 aromatic rings. The fraction of sp³-hybridized carbons (Fsp3) is 0.579. The van der Waals surface area contributed by atoms with E-state index in [0.717, 1.165) is 11.1 Å². The molecular formula is C19H22F6O6. The summed E-state index contributed by atoms with van der Waals surface area (Å²) in [6, 6.07) is 7.10. The number of hydrogen-bond donors (Lipinski definition) is 2. The van der Waals surface area contributed by atoms with Crippen LogP contribution in [-0.2, 0) is 31.9 Å². The number of carbonyl (C=O) groups excluding carboxylic acids is 2. The highest BCUT2D eigenvalue weighted by molar-refractivity contribution is 5.75. The van der Waals surface area contributed by atoms with Gasteiger partial charge in [-0.15, -0.1) is 0 Å². The van der Waals surface area contributed by atoms with Gasteiger partial charge in [-0.3, -0.25) is 0 Å². The first kappa shape index (κ1) is 26.7. The Bertz CT molecular complexity index is 701. The number of hydrogen-bond acceptors (Lipinski definition) is 6. The van der Waals surface area contributed by atoms with Gasteiger partial charge in [-0.2, -0.15) is 26.3 Å². The van der Waals surface area contributed by atoms with E-state index < -0.39 is 36.5 Å². The lowest BCUT2D eigenvalue weighted by Crippen LogP contribution is -2.37. The van der Waals surface area contributed by atoms with Gasteiger partial charge in [0.15, 0.2) is 0 Å². The summed E-state index contributed by atoms with van der Waals surface area (Å²) in [5.74, 6) is -3.49. The molecule has 0 aliphatic carbocycles. The van der Waals surface area contributed by atoms with E-state index >= 15 is 0 Å². The summed E-state index contributed by atoms with van der Waals surface area (Å²) in [4.78, 5) is 22.0. The number of aliphatic hydroxyl groups is 2. The van der Waals surface area contributed by atoms with E-state index in [0.29, 0.717) is 25.7 Å². The fourth-order valence-electron chi connectivity index (χ4n) is 2.35. The van der Waals surface area contributed by atoms with E-state index in [4.69, 9.17) is 10.2 Å². The molecule has 176 valence electrons. The number of unbranched alkanes of at least 4 members (excludes halogenated alkanes) is 1. The van der Waals surface area contributed by atoms with Crippen molar-refractivity contribution in [1.29, 1.82) is 0 Å². The van der Waals surface area contributed by atoms with Crippen LogP contribution < -0.4 is 0 Å². The molecule has 1 aromatic carbocycles. The Labute approximate surface area is 173 Å². The lowest BCUT2D eigenvalue weighted by atomic mass is 10.0. The highest BCUT2D eigenvalue weighted by atomic mass is 19.4. The normalized spacial score (nSPS) is 14.1. The first-order valence-corrected chi connectivity index (χ1v) is 9.23. The highest BCUT2D eigenvalue weighted by Gasteiger charge is 2.45. The lowest BCUT2D eigenvalue weighted by Gasteiger charge is -2.13. The number of carbonyl (C=O) groups is 2. The Hall–Kier alpha value is -2.34. The summed E-state index contributed by atoms with van der Waals surface area (Å²) < 4.78 is 81.5. The van der Waals surface area contributed by atoms with Crippen molar-refractivity contribution in [3.05, 3.63) is 35.4 Å². The minimum Gasteiger partial charge on any atom is -0.464 e. The Morgan fingerprint density at radius 3 is 1.45 bits per heavy atom. The van der Waals surface area contributed by atoms with Gasteiger partial charge in [0.05, 0.1) is 13.2 Å². The van der Waals surface area contributed by atoms with Gasteiger partial charge in [0, 0.05) is 0 Å². The van der Waals surface area contributed by atoms with Gasteiger partial charge in [0.2, 0.25) is 12.2 Å². The number of halogens is 6. The Morgan fingerprint density at radius 2 is 1.06 bits per heavy atom. The van der Waals surface area contributed by atoms with E-state index in [-0.39, 0.29) is 19.6 Å². The summed E-state index contributed by atoms with van der Waals surface area (Å²) in [5.41, 5.74) is 1.75. The van der Waals surface area contributed by atoms with Crippen LogP contribution in [0.2, 0.25) is 0 Å². The van der Waals surface area contributed by atoms with Crippen LogP contribution in [0.1, 0.15) is 30.4 Å². The molecule has 6 nitrogen and oxygen atoms in total. The molecule has 0 amide bonds. The molecule has 31 heavy (non-hydrogen) atoms. The predicted octanol–water partition coefficient (Wildman–Crippen LogP) is 2.87. The van der Waals surface area contributed by atoms with Crippen LogP contribution >= 0.6 is 0 Å². The molecule has 2 atom stereocenters. The van der Waals surface area contributed by atoms with Crippen molar-refractivity contribution >= 4 is 11.9 Å². The van der Waals surface area contributed by atoms with Gasteiger partial charge >= 0.3 is 24.3 Å². The molecule has 12 heteroatoms.